The Bertz CT molecular complexity index is 1870. The predicted octanol–water partition coefficient (Wildman–Crippen LogP) is 4.49. The van der Waals surface area contributed by atoms with E-state index in [2.05, 4.69) is 33.0 Å². The van der Waals surface area contributed by atoms with Crippen molar-refractivity contribution in [2.24, 2.45) is 11.3 Å². The normalized spacial score (nSPS) is 26.8. The minimum absolute atomic E-state index is 0.0270. The van der Waals surface area contributed by atoms with Crippen molar-refractivity contribution in [2.75, 3.05) is 13.2 Å². The van der Waals surface area contributed by atoms with E-state index >= 15 is 0 Å². The van der Waals surface area contributed by atoms with E-state index in [4.69, 9.17) is 9.47 Å². The van der Waals surface area contributed by atoms with E-state index in [1.165, 1.54) is 11.0 Å². The molecule has 3 heterocycles. The quantitative estimate of drug-likeness (QED) is 0.345. The number of cyclic esters (lactones) is 1. The molecule has 3 fully saturated rings. The molecule has 284 valence electrons. The van der Waals surface area contributed by atoms with E-state index in [1.807, 2.05) is 42.5 Å². The Morgan fingerprint density at radius 1 is 1.09 bits per heavy atom. The van der Waals surface area contributed by atoms with Gasteiger partial charge < -0.3 is 25.0 Å². The molecule has 13 nitrogen and oxygen atoms in total. The number of nitrogens with zero attached hydrogens (tertiary/aromatic N) is 2. The van der Waals surface area contributed by atoms with Crippen LogP contribution in [0, 0.1) is 11.3 Å². The summed E-state index contributed by atoms with van der Waals surface area (Å²) >= 11 is 0. The third-order valence-electron chi connectivity index (χ3n) is 10.3. The van der Waals surface area contributed by atoms with Crippen LogP contribution in [0.5, 0.6) is 5.88 Å². The number of amides is 4. The highest BCUT2D eigenvalue weighted by atomic mass is 32.2. The lowest BCUT2D eigenvalue weighted by molar-refractivity contribution is -0.142. The summed E-state index contributed by atoms with van der Waals surface area (Å²) in [5.41, 5.74) is 0.298. The molecule has 4 aliphatic rings. The molecule has 0 radical (unpaired) electrons. The van der Waals surface area contributed by atoms with Crippen molar-refractivity contribution in [3.8, 4) is 17.0 Å². The number of carbonyl (C=O) groups excluding carboxylic acids is 4. The van der Waals surface area contributed by atoms with Gasteiger partial charge in [0.15, 0.2) is 0 Å². The third-order valence-corrected chi connectivity index (χ3v) is 12.1. The van der Waals surface area contributed by atoms with Crippen LogP contribution in [-0.4, -0.2) is 84.2 Å². The number of nitrogens with one attached hydrogen (secondary N) is 3. The summed E-state index contributed by atoms with van der Waals surface area (Å²) < 4.78 is 39.6. The molecule has 2 aliphatic heterocycles. The van der Waals surface area contributed by atoms with E-state index in [1.54, 1.807) is 27.0 Å². The number of hydrogen-bond donors (Lipinski definition) is 3. The zero-order valence-corrected chi connectivity index (χ0v) is 31.3. The maximum Gasteiger partial charge on any atom is 0.407 e. The summed E-state index contributed by atoms with van der Waals surface area (Å²) in [7, 11) is -3.89. The lowest BCUT2D eigenvalue weighted by atomic mass is 9.85. The van der Waals surface area contributed by atoms with E-state index in [9.17, 15) is 27.6 Å². The second kappa shape index (κ2) is 15.3. The van der Waals surface area contributed by atoms with Gasteiger partial charge in [-0.2, -0.15) is 0 Å². The lowest BCUT2D eigenvalue weighted by Gasteiger charge is -2.35. The van der Waals surface area contributed by atoms with Gasteiger partial charge in [-0.25, -0.2) is 18.2 Å². The first-order chi connectivity index (χ1) is 25.2. The second-order valence-corrected chi connectivity index (χ2v) is 17.4. The Morgan fingerprint density at radius 2 is 1.85 bits per heavy atom. The topological polar surface area (TPSA) is 173 Å². The fourth-order valence-corrected chi connectivity index (χ4v) is 8.38. The minimum Gasteiger partial charge on any atom is -0.472 e. The largest absolute Gasteiger partial charge is 0.472 e. The van der Waals surface area contributed by atoms with Gasteiger partial charge in [0.2, 0.25) is 27.7 Å². The summed E-state index contributed by atoms with van der Waals surface area (Å²) in [6, 6.07) is 9.56. The molecule has 53 heavy (non-hydrogen) atoms. The van der Waals surface area contributed by atoms with Crippen LogP contribution >= 0.6 is 0 Å². The van der Waals surface area contributed by atoms with Gasteiger partial charge in [0, 0.05) is 24.1 Å². The molecule has 2 aromatic rings. The Kier molecular flexibility index (Phi) is 11.0. The third kappa shape index (κ3) is 8.58. The van der Waals surface area contributed by atoms with Crippen LogP contribution < -0.4 is 20.1 Å². The molecule has 1 saturated heterocycles. The van der Waals surface area contributed by atoms with Crippen molar-refractivity contribution in [3.63, 3.8) is 0 Å². The maximum absolute atomic E-state index is 14.5. The monoisotopic (exact) mass is 747 g/mol. The Hall–Kier alpha value is -4.72. The molecular formula is C39H49N5O8S. The average Bonchev–Trinajstić information content (AvgIpc) is 4.05. The molecule has 0 unspecified atom stereocenters. The molecule has 0 spiro atoms. The van der Waals surface area contributed by atoms with Gasteiger partial charge in [0.25, 0.3) is 5.91 Å². The first-order valence-electron chi connectivity index (χ1n) is 18.4. The van der Waals surface area contributed by atoms with Gasteiger partial charge in [-0.3, -0.25) is 19.1 Å². The van der Waals surface area contributed by atoms with Crippen molar-refractivity contribution in [3.05, 3.63) is 66.9 Å². The smallest absolute Gasteiger partial charge is 0.407 e. The number of fused-ring (bicyclic) bond motifs is 3. The number of pyridine rings is 1. The van der Waals surface area contributed by atoms with Gasteiger partial charge in [0.05, 0.1) is 18.4 Å². The van der Waals surface area contributed by atoms with E-state index in [0.29, 0.717) is 25.1 Å². The fourth-order valence-electron chi connectivity index (χ4n) is 7.01. The van der Waals surface area contributed by atoms with Crippen LogP contribution in [0.2, 0.25) is 0 Å². The van der Waals surface area contributed by atoms with Gasteiger partial charge in [-0.05, 0) is 67.6 Å². The summed E-state index contributed by atoms with van der Waals surface area (Å²) in [4.78, 5) is 61.3. The van der Waals surface area contributed by atoms with Crippen molar-refractivity contribution < 1.29 is 37.1 Å². The number of sulfonamides is 1. The summed E-state index contributed by atoms with van der Waals surface area (Å²) in [5, 5.41) is 4.91. The molecule has 2 bridgehead atoms. The molecule has 14 heteroatoms. The van der Waals surface area contributed by atoms with Crippen LogP contribution in [0.25, 0.3) is 17.2 Å². The Balaban J connectivity index is 1.34. The van der Waals surface area contributed by atoms with Crippen LogP contribution in [0.3, 0.4) is 0 Å². The van der Waals surface area contributed by atoms with E-state index in [-0.39, 0.29) is 26.0 Å². The highest BCUT2D eigenvalue weighted by Crippen LogP contribution is 2.45. The van der Waals surface area contributed by atoms with Crippen LogP contribution in [0.1, 0.15) is 77.7 Å². The average molecular weight is 748 g/mol. The molecule has 1 aromatic heterocycles. The van der Waals surface area contributed by atoms with E-state index in [0.717, 1.165) is 36.0 Å². The van der Waals surface area contributed by atoms with Crippen molar-refractivity contribution in [2.45, 2.75) is 101 Å². The Labute approximate surface area is 311 Å². The summed E-state index contributed by atoms with van der Waals surface area (Å²) in [6.07, 6.45) is 10.00. The zero-order valence-electron chi connectivity index (χ0n) is 30.5. The Morgan fingerprint density at radius 3 is 2.53 bits per heavy atom. The zero-order chi connectivity index (χ0) is 38.0. The molecule has 6 rings (SSSR count). The number of allylic oxidation sites excluding steroid dienone is 1. The number of alkyl carbamates (subject to hydrolysis) is 1. The molecule has 5 atom stereocenters. The highest BCUT2D eigenvalue weighted by Gasteiger charge is 2.62. The van der Waals surface area contributed by atoms with Gasteiger partial charge >= 0.3 is 6.09 Å². The first-order valence-corrected chi connectivity index (χ1v) is 19.9. The maximum atomic E-state index is 14.5. The van der Waals surface area contributed by atoms with Crippen LogP contribution in [-0.2, 0) is 29.1 Å². The second-order valence-electron chi connectivity index (χ2n) is 15.4. The number of hydrogen-bond acceptors (Lipinski definition) is 9. The SMILES string of the molecule is C=C[C@@H]1C[C@]1(NC(=O)[C@@H]1C[C@H]2CN1C(=O)[C@H](C(C)(C)C)NC(=O)OCCCCCC=Cc1c(-c3ccccc3)ccnc1O2)C(=O)NS(=O)(=O)C1CC1. The first kappa shape index (κ1) is 38.0. The number of carbonyl (C=O) groups is 4. The van der Waals surface area contributed by atoms with Crippen LogP contribution in [0.15, 0.2) is 61.3 Å². The minimum atomic E-state index is -3.89. The molecule has 2 aliphatic carbocycles. The summed E-state index contributed by atoms with van der Waals surface area (Å²) in [5.74, 6) is -2.19. The van der Waals surface area contributed by atoms with Crippen molar-refractivity contribution in [1.29, 1.82) is 0 Å². The molecule has 1 aromatic carbocycles. The van der Waals surface area contributed by atoms with Gasteiger partial charge in [0.1, 0.15) is 23.7 Å². The number of rotatable bonds is 7. The summed E-state index contributed by atoms with van der Waals surface area (Å²) in [6.45, 7) is 9.35. The molecular weight excluding hydrogens is 699 g/mol. The van der Waals surface area contributed by atoms with Crippen molar-refractivity contribution >= 4 is 39.9 Å². The molecule has 3 N–H and O–H groups in total. The van der Waals surface area contributed by atoms with Crippen LogP contribution in [0.4, 0.5) is 4.79 Å². The predicted molar refractivity (Wildman–Crippen MR) is 199 cm³/mol. The van der Waals surface area contributed by atoms with E-state index < -0.39 is 74.1 Å². The number of benzene rings is 1. The fraction of sp³-hybridized carbons (Fsp3) is 0.513. The number of aromatic nitrogens is 1. The number of ether oxygens (including phenoxy) is 2. The highest BCUT2D eigenvalue weighted by molar-refractivity contribution is 7.91. The molecule has 2 saturated carbocycles. The van der Waals surface area contributed by atoms with Crippen molar-refractivity contribution in [1.82, 2.24) is 25.2 Å². The standard InChI is InChI=1S/C39H49N5O8S/c1-5-26-23-39(26,36(47)43-53(49,50)28-17-18-28)42-33(45)31-22-27-24-44(31)35(46)32(38(2,3)4)41-37(48)51-21-13-8-6-7-12-16-30-29(19-20-40-34(30)52-27)25-14-10-9-11-15-25/h5,9-12,14-16,19-20,26-28,31-32H,1,6-8,13,17-18,21-24H2,2-4H3,(H,41,48)(H,42,45)(H,43,47)/t26-,27+,31+,32-,39-/m1/s1. The van der Waals surface area contributed by atoms with Gasteiger partial charge in [-0.1, -0.05) is 69.3 Å². The molecule has 4 amide bonds. The lowest BCUT2D eigenvalue weighted by Crippen LogP contribution is -2.60. The van der Waals surface area contributed by atoms with Gasteiger partial charge in [-0.15, -0.1) is 6.58 Å².